The molecule has 1 aliphatic rings. The highest BCUT2D eigenvalue weighted by Gasteiger charge is 2.37. The maximum atomic E-state index is 14.0. The Morgan fingerprint density at radius 3 is 2.11 bits per heavy atom. The van der Waals surface area contributed by atoms with Gasteiger partial charge in [-0.1, -0.05) is 101 Å². The van der Waals surface area contributed by atoms with Gasteiger partial charge in [-0.05, 0) is 38.2 Å². The molecular weight excluding hydrogens is 722 g/mol. The van der Waals surface area contributed by atoms with Crippen LogP contribution in [0, 0.1) is 23.7 Å². The number of allylic oxidation sites excluding steroid dienone is 3. The second kappa shape index (κ2) is 22.3. The third kappa shape index (κ3) is 13.5. The lowest BCUT2D eigenvalue weighted by Gasteiger charge is -2.30. The number of likely N-dealkylation sites (N-methyl/N-ethyl adjacent to an activating group) is 1. The molecule has 1 aliphatic heterocycles. The number of amides is 5. The minimum atomic E-state index is -1.75. The van der Waals surface area contributed by atoms with Crippen molar-refractivity contribution in [2.45, 2.75) is 104 Å². The molecule has 2 rings (SSSR count). The Balaban J connectivity index is 2.60. The van der Waals surface area contributed by atoms with Crippen LogP contribution < -0.4 is 21.3 Å². The third-order valence-corrected chi connectivity index (χ3v) is 10.3. The first-order valence-corrected chi connectivity index (χ1v) is 18.9. The van der Waals surface area contributed by atoms with Crippen LogP contribution in [0.25, 0.3) is 0 Å². The minimum absolute atomic E-state index is 0.0389. The van der Waals surface area contributed by atoms with Gasteiger partial charge in [-0.2, -0.15) is 0 Å². The molecule has 1 unspecified atom stereocenters. The quantitative estimate of drug-likeness (QED) is 0.142. The molecule has 0 aliphatic carbocycles. The maximum Gasteiger partial charge on any atom is 0.327 e. The molecule has 56 heavy (non-hydrogen) atoms. The topological polar surface area (TPSA) is 221 Å². The molecular formula is C41H59N5O10. The van der Waals surface area contributed by atoms with E-state index in [1.165, 1.54) is 33.9 Å². The number of aliphatic carboxylic acids is 2. The van der Waals surface area contributed by atoms with Crippen LogP contribution in [0.5, 0.6) is 0 Å². The number of nitrogens with zero attached hydrogens (tertiary/aromatic N) is 1. The Bertz CT molecular complexity index is 1660. The number of carbonyl (C=O) groups excluding carboxylic acids is 5. The number of methoxy groups -OCH3 is 1. The highest BCUT2D eigenvalue weighted by Crippen LogP contribution is 2.19. The monoisotopic (exact) mass is 781 g/mol. The molecule has 6 N–H and O–H groups in total. The van der Waals surface area contributed by atoms with Gasteiger partial charge >= 0.3 is 11.9 Å². The van der Waals surface area contributed by atoms with Crippen LogP contribution in [-0.2, 0) is 44.7 Å². The Labute approximate surface area is 329 Å². The fraction of sp³-hybridized carbons (Fsp3) is 0.537. The first kappa shape index (κ1) is 46.8. The van der Waals surface area contributed by atoms with Crippen LogP contribution in [0.4, 0.5) is 0 Å². The molecule has 1 fully saturated rings. The van der Waals surface area contributed by atoms with Crippen LogP contribution in [0.2, 0.25) is 0 Å². The molecule has 1 aromatic rings. The van der Waals surface area contributed by atoms with Gasteiger partial charge in [-0.3, -0.25) is 24.0 Å². The number of rotatable bonds is 11. The van der Waals surface area contributed by atoms with Gasteiger partial charge in [0, 0.05) is 26.5 Å². The third-order valence-electron chi connectivity index (χ3n) is 10.3. The predicted molar refractivity (Wildman–Crippen MR) is 210 cm³/mol. The number of hydrogen-bond donors (Lipinski definition) is 6. The SMILES string of the molecule is C/C=C1/C(=O)N[C@@H](C(=O)O)[C@H](C)C(=O)N[C@@H](C(C)CC)C(=O)N[C@@H](/C=C/C(C)=C/[C@H](C)[C@H](Cc2ccccc2)OC)[C@@H](C)C(=O)N[C@@H](C(=O)O)CCC(=O)N1C. The highest BCUT2D eigenvalue weighted by molar-refractivity contribution is 6.00. The van der Waals surface area contributed by atoms with E-state index in [1.807, 2.05) is 50.3 Å². The zero-order valence-electron chi connectivity index (χ0n) is 33.8. The van der Waals surface area contributed by atoms with Crippen molar-refractivity contribution >= 4 is 41.5 Å². The summed E-state index contributed by atoms with van der Waals surface area (Å²) >= 11 is 0. The fourth-order valence-corrected chi connectivity index (χ4v) is 6.28. The average molecular weight is 782 g/mol. The van der Waals surface area contributed by atoms with E-state index in [2.05, 4.69) is 21.3 Å². The Morgan fingerprint density at radius 1 is 0.929 bits per heavy atom. The smallest absolute Gasteiger partial charge is 0.327 e. The molecule has 1 saturated heterocycles. The summed E-state index contributed by atoms with van der Waals surface area (Å²) in [5.74, 6) is -9.73. The van der Waals surface area contributed by atoms with Crippen molar-refractivity contribution in [3.05, 3.63) is 71.5 Å². The summed E-state index contributed by atoms with van der Waals surface area (Å²) < 4.78 is 5.79. The Hall–Kier alpha value is -5.31. The number of carboxylic acid groups (broad SMARTS) is 2. The van der Waals surface area contributed by atoms with Crippen molar-refractivity contribution in [1.29, 1.82) is 0 Å². The molecule has 0 aromatic heterocycles. The number of nitrogens with one attached hydrogen (secondary N) is 4. The zero-order chi connectivity index (χ0) is 42.3. The number of hydrogen-bond acceptors (Lipinski definition) is 8. The summed E-state index contributed by atoms with van der Waals surface area (Å²) in [6.07, 6.45) is 6.83. The average Bonchev–Trinajstić information content (AvgIpc) is 3.16. The molecule has 1 heterocycles. The summed E-state index contributed by atoms with van der Waals surface area (Å²) in [7, 11) is 2.91. The first-order chi connectivity index (χ1) is 26.4. The van der Waals surface area contributed by atoms with E-state index in [4.69, 9.17) is 4.74 Å². The van der Waals surface area contributed by atoms with Crippen molar-refractivity contribution in [3.63, 3.8) is 0 Å². The largest absolute Gasteiger partial charge is 0.480 e. The van der Waals surface area contributed by atoms with Crippen LogP contribution in [-0.4, -0.2) is 101 Å². The van der Waals surface area contributed by atoms with Crippen LogP contribution in [0.15, 0.2) is 65.9 Å². The predicted octanol–water partition coefficient (Wildman–Crippen LogP) is 2.97. The van der Waals surface area contributed by atoms with Crippen molar-refractivity contribution in [2.75, 3.05) is 14.2 Å². The van der Waals surface area contributed by atoms with E-state index in [-0.39, 0.29) is 24.1 Å². The van der Waals surface area contributed by atoms with E-state index >= 15 is 0 Å². The van der Waals surface area contributed by atoms with Crippen molar-refractivity contribution in [1.82, 2.24) is 26.2 Å². The normalized spacial score (nSPS) is 26.5. The number of ether oxygens (including phenoxy) is 1. The number of benzene rings is 1. The summed E-state index contributed by atoms with van der Waals surface area (Å²) in [6.45, 7) is 11.6. The van der Waals surface area contributed by atoms with Gasteiger partial charge in [0.1, 0.15) is 23.8 Å². The second-order valence-electron chi connectivity index (χ2n) is 14.4. The molecule has 15 heteroatoms. The van der Waals surface area contributed by atoms with Gasteiger partial charge in [0.25, 0.3) is 5.91 Å². The lowest BCUT2D eigenvalue weighted by Crippen LogP contribution is -2.58. The van der Waals surface area contributed by atoms with Crippen molar-refractivity contribution in [2.24, 2.45) is 23.7 Å². The Kier molecular flexibility index (Phi) is 18.6. The van der Waals surface area contributed by atoms with E-state index in [0.717, 1.165) is 16.0 Å². The maximum absolute atomic E-state index is 14.0. The highest BCUT2D eigenvalue weighted by atomic mass is 16.5. The van der Waals surface area contributed by atoms with Crippen molar-refractivity contribution in [3.8, 4) is 0 Å². The lowest BCUT2D eigenvalue weighted by atomic mass is 9.93. The molecule has 9 atom stereocenters. The van der Waals surface area contributed by atoms with Crippen LogP contribution in [0.1, 0.15) is 73.3 Å². The minimum Gasteiger partial charge on any atom is -0.480 e. The van der Waals surface area contributed by atoms with Gasteiger partial charge in [0.15, 0.2) is 0 Å². The summed E-state index contributed by atoms with van der Waals surface area (Å²) in [6, 6.07) is 4.45. The summed E-state index contributed by atoms with van der Waals surface area (Å²) in [5.41, 5.74) is 1.66. The van der Waals surface area contributed by atoms with Gasteiger partial charge in [-0.25, -0.2) is 9.59 Å². The van der Waals surface area contributed by atoms with Crippen LogP contribution >= 0.6 is 0 Å². The van der Waals surface area contributed by atoms with Crippen LogP contribution in [0.3, 0.4) is 0 Å². The lowest BCUT2D eigenvalue weighted by molar-refractivity contribution is -0.146. The summed E-state index contributed by atoms with van der Waals surface area (Å²) in [5, 5.41) is 30.3. The Morgan fingerprint density at radius 2 is 1.55 bits per heavy atom. The summed E-state index contributed by atoms with van der Waals surface area (Å²) in [4.78, 5) is 93.3. The zero-order valence-corrected chi connectivity index (χ0v) is 33.8. The number of carboxylic acids is 2. The van der Waals surface area contributed by atoms with E-state index in [1.54, 1.807) is 33.1 Å². The van der Waals surface area contributed by atoms with Gasteiger partial charge in [0.2, 0.25) is 23.6 Å². The molecule has 0 bridgehead atoms. The van der Waals surface area contributed by atoms with Gasteiger partial charge in [0.05, 0.1) is 24.0 Å². The molecule has 0 saturated carbocycles. The standard InChI is InChI=1S/C41H59N5O10/c1-10-24(4)34-39(51)42-29(18-17-23(3)21-25(5)32(56-9)22-28-15-13-12-14-16-28)26(6)36(48)43-30(40(52)53)19-20-33(47)46(8)31(11-2)38(50)45-35(41(54)55)27(7)37(49)44-34/h11-18,21,24-27,29-30,32,34-35H,10,19-20,22H2,1-9H3,(H,42,51)(H,43,48)(H,44,49)(H,45,50)(H,52,53)(H,54,55)/b18-17+,23-21+,31-11-/t24?,25-,26+,27-,29-,30+,32-,34-,35+/m0/s1. The number of carbonyl (C=O) groups is 7. The van der Waals surface area contributed by atoms with Gasteiger partial charge < -0.3 is 41.1 Å². The molecule has 308 valence electrons. The van der Waals surface area contributed by atoms with Crippen molar-refractivity contribution < 1.29 is 48.5 Å². The second-order valence-corrected chi connectivity index (χ2v) is 14.4. The van der Waals surface area contributed by atoms with E-state index in [9.17, 15) is 43.8 Å². The molecule has 0 spiro atoms. The first-order valence-electron chi connectivity index (χ1n) is 18.9. The molecule has 1 aromatic carbocycles. The fourth-order valence-electron chi connectivity index (χ4n) is 6.28. The van der Waals surface area contributed by atoms with E-state index in [0.29, 0.717) is 12.8 Å². The van der Waals surface area contributed by atoms with Gasteiger partial charge in [-0.15, -0.1) is 0 Å². The molecule has 0 radical (unpaired) electrons. The van der Waals surface area contributed by atoms with E-state index < -0.39 is 89.8 Å². The molecule has 5 amide bonds. The molecule has 15 nitrogen and oxygen atoms in total.